The molecular weight excluding hydrogens is 334 g/mol. The molecule has 1 amide bonds. The Morgan fingerprint density at radius 1 is 1.33 bits per heavy atom. The summed E-state index contributed by atoms with van der Waals surface area (Å²) >= 11 is 0. The first-order chi connectivity index (χ1) is 11.3. The van der Waals surface area contributed by atoms with Crippen LogP contribution in [0.5, 0.6) is 5.75 Å². The third-order valence-electron chi connectivity index (χ3n) is 3.78. The number of carbonyl (C=O) groups excluding carboxylic acids is 2. The Labute approximate surface area is 141 Å². The highest BCUT2D eigenvalue weighted by Crippen LogP contribution is 2.18. The van der Waals surface area contributed by atoms with E-state index in [9.17, 15) is 18.0 Å². The van der Waals surface area contributed by atoms with Crippen LogP contribution in [-0.2, 0) is 30.6 Å². The summed E-state index contributed by atoms with van der Waals surface area (Å²) in [4.78, 5) is 24.0. The number of amides is 1. The van der Waals surface area contributed by atoms with Gasteiger partial charge in [0.25, 0.3) is 5.91 Å². The second-order valence-electron chi connectivity index (χ2n) is 5.73. The van der Waals surface area contributed by atoms with E-state index >= 15 is 0 Å². The van der Waals surface area contributed by atoms with E-state index in [0.29, 0.717) is 17.7 Å². The molecule has 1 N–H and O–H groups in total. The van der Waals surface area contributed by atoms with Crippen LogP contribution in [-0.4, -0.2) is 51.1 Å². The third kappa shape index (κ3) is 4.95. The number of carbonyl (C=O) groups is 2. The maximum Gasteiger partial charge on any atom is 0.311 e. The van der Waals surface area contributed by atoms with Crippen molar-refractivity contribution in [3.63, 3.8) is 0 Å². The van der Waals surface area contributed by atoms with Gasteiger partial charge in [0.05, 0.1) is 25.0 Å². The van der Waals surface area contributed by atoms with E-state index in [2.05, 4.69) is 5.32 Å². The fourth-order valence-electron chi connectivity index (χ4n) is 2.52. The molecule has 2 rings (SSSR count). The minimum Gasteiger partial charge on any atom is -0.496 e. The highest BCUT2D eigenvalue weighted by molar-refractivity contribution is 7.91. The van der Waals surface area contributed by atoms with Crippen molar-refractivity contribution < 1.29 is 27.5 Å². The molecule has 0 unspecified atom stereocenters. The molecule has 0 aliphatic carbocycles. The molecule has 132 valence electrons. The first kappa shape index (κ1) is 18.3. The van der Waals surface area contributed by atoms with E-state index in [-0.39, 0.29) is 17.9 Å². The molecule has 0 bridgehead atoms. The molecule has 1 aliphatic heterocycles. The Bertz CT molecular complexity index is 715. The molecule has 8 heteroatoms. The standard InChI is InChI=1S/C16H21NO6S/c1-11(16(19)17-13-7-8-24(20,21)10-13)23-15(18)9-12-5-3-4-6-14(12)22-2/h3-6,11,13H,7-10H2,1-2H3,(H,17,19)/t11-,13-/m1/s1. The Morgan fingerprint density at radius 3 is 2.67 bits per heavy atom. The Balaban J connectivity index is 1.86. The van der Waals surface area contributed by atoms with Crippen molar-refractivity contribution in [3.05, 3.63) is 29.8 Å². The van der Waals surface area contributed by atoms with Crippen molar-refractivity contribution >= 4 is 21.7 Å². The second kappa shape index (κ2) is 7.65. The normalized spacial score (nSPS) is 20.2. The quantitative estimate of drug-likeness (QED) is 0.745. The van der Waals surface area contributed by atoms with Crippen molar-refractivity contribution in [2.75, 3.05) is 18.6 Å². The van der Waals surface area contributed by atoms with Gasteiger partial charge < -0.3 is 14.8 Å². The van der Waals surface area contributed by atoms with E-state index in [0.717, 1.165) is 0 Å². The first-order valence-electron chi connectivity index (χ1n) is 7.63. The molecule has 1 aliphatic rings. The van der Waals surface area contributed by atoms with Gasteiger partial charge in [-0.05, 0) is 19.4 Å². The molecule has 24 heavy (non-hydrogen) atoms. The predicted molar refractivity (Wildman–Crippen MR) is 87.5 cm³/mol. The van der Waals surface area contributed by atoms with Gasteiger partial charge in [0.15, 0.2) is 15.9 Å². The molecule has 7 nitrogen and oxygen atoms in total. The average Bonchev–Trinajstić information content (AvgIpc) is 2.86. The second-order valence-corrected chi connectivity index (χ2v) is 7.96. The van der Waals surface area contributed by atoms with Gasteiger partial charge in [-0.25, -0.2) is 8.42 Å². The summed E-state index contributed by atoms with van der Waals surface area (Å²) in [5, 5.41) is 2.61. The maximum atomic E-state index is 12.0. The van der Waals surface area contributed by atoms with Crippen LogP contribution < -0.4 is 10.1 Å². The Kier molecular flexibility index (Phi) is 5.82. The topological polar surface area (TPSA) is 98.8 Å². The fraction of sp³-hybridized carbons (Fsp3) is 0.500. The first-order valence-corrected chi connectivity index (χ1v) is 9.45. The molecule has 0 spiro atoms. The number of para-hydroxylation sites is 1. The van der Waals surface area contributed by atoms with Crippen molar-refractivity contribution in [1.82, 2.24) is 5.32 Å². The van der Waals surface area contributed by atoms with Gasteiger partial charge in [0.2, 0.25) is 0 Å². The highest BCUT2D eigenvalue weighted by Gasteiger charge is 2.30. The van der Waals surface area contributed by atoms with Gasteiger partial charge >= 0.3 is 5.97 Å². The summed E-state index contributed by atoms with van der Waals surface area (Å²) < 4.78 is 33.1. The van der Waals surface area contributed by atoms with Gasteiger partial charge in [0, 0.05) is 11.6 Å². The molecule has 2 atom stereocenters. The van der Waals surface area contributed by atoms with Gasteiger partial charge in [-0.3, -0.25) is 9.59 Å². The fourth-order valence-corrected chi connectivity index (χ4v) is 4.20. The monoisotopic (exact) mass is 355 g/mol. The number of nitrogens with one attached hydrogen (secondary N) is 1. The van der Waals surface area contributed by atoms with Crippen molar-refractivity contribution in [1.29, 1.82) is 0 Å². The highest BCUT2D eigenvalue weighted by atomic mass is 32.2. The van der Waals surface area contributed by atoms with Crippen LogP contribution in [0.25, 0.3) is 0 Å². The molecule has 1 saturated heterocycles. The Morgan fingerprint density at radius 2 is 2.04 bits per heavy atom. The SMILES string of the molecule is COc1ccccc1CC(=O)O[C@H](C)C(=O)N[C@@H]1CCS(=O)(=O)C1. The van der Waals surface area contributed by atoms with E-state index in [1.807, 2.05) is 0 Å². The van der Waals surface area contributed by atoms with Crippen LogP contribution in [0.1, 0.15) is 18.9 Å². The predicted octanol–water partition coefficient (Wildman–Crippen LogP) is 0.473. The minimum absolute atomic E-state index is 0.0144. The summed E-state index contributed by atoms with van der Waals surface area (Å²) in [6, 6.07) is 6.63. The zero-order chi connectivity index (χ0) is 17.7. The van der Waals surface area contributed by atoms with E-state index in [4.69, 9.17) is 9.47 Å². The molecular formula is C16H21NO6S. The summed E-state index contributed by atoms with van der Waals surface area (Å²) in [5.41, 5.74) is 0.666. The lowest BCUT2D eigenvalue weighted by Gasteiger charge is -2.17. The van der Waals surface area contributed by atoms with Gasteiger partial charge in [-0.15, -0.1) is 0 Å². The van der Waals surface area contributed by atoms with Crippen LogP contribution in [0, 0.1) is 0 Å². The minimum atomic E-state index is -3.07. The van der Waals surface area contributed by atoms with Gasteiger partial charge in [0.1, 0.15) is 5.75 Å². The third-order valence-corrected chi connectivity index (χ3v) is 5.55. The van der Waals surface area contributed by atoms with Crippen molar-refractivity contribution in [2.24, 2.45) is 0 Å². The van der Waals surface area contributed by atoms with E-state index in [1.54, 1.807) is 24.3 Å². The van der Waals surface area contributed by atoms with Crippen LogP contribution in [0.2, 0.25) is 0 Å². The Hall–Kier alpha value is -2.09. The summed E-state index contributed by atoms with van der Waals surface area (Å²) in [5.74, 6) is -0.477. The van der Waals surface area contributed by atoms with Crippen LogP contribution in [0.3, 0.4) is 0 Å². The lowest BCUT2D eigenvalue weighted by molar-refractivity contribution is -0.154. The van der Waals surface area contributed by atoms with Crippen molar-refractivity contribution in [3.8, 4) is 5.75 Å². The van der Waals surface area contributed by atoms with Crippen LogP contribution in [0.15, 0.2) is 24.3 Å². The summed E-state index contributed by atoms with van der Waals surface area (Å²) in [6.45, 7) is 1.46. The number of hydrogen-bond donors (Lipinski definition) is 1. The molecule has 1 aromatic rings. The van der Waals surface area contributed by atoms with Crippen molar-refractivity contribution in [2.45, 2.75) is 31.9 Å². The zero-order valence-corrected chi connectivity index (χ0v) is 14.5. The molecule has 1 aromatic carbocycles. The maximum absolute atomic E-state index is 12.0. The molecule has 1 fully saturated rings. The van der Waals surface area contributed by atoms with Crippen LogP contribution in [0.4, 0.5) is 0 Å². The van der Waals surface area contributed by atoms with Gasteiger partial charge in [-0.2, -0.15) is 0 Å². The number of benzene rings is 1. The number of ether oxygens (including phenoxy) is 2. The molecule has 0 radical (unpaired) electrons. The smallest absolute Gasteiger partial charge is 0.311 e. The van der Waals surface area contributed by atoms with E-state index in [1.165, 1.54) is 14.0 Å². The summed E-state index contributed by atoms with van der Waals surface area (Å²) in [6.07, 6.45) is -0.620. The van der Waals surface area contributed by atoms with Gasteiger partial charge in [-0.1, -0.05) is 18.2 Å². The average molecular weight is 355 g/mol. The number of rotatable bonds is 6. The summed E-state index contributed by atoms with van der Waals surface area (Å²) in [7, 11) is -1.56. The largest absolute Gasteiger partial charge is 0.496 e. The number of hydrogen-bond acceptors (Lipinski definition) is 6. The lowest BCUT2D eigenvalue weighted by Crippen LogP contribution is -2.42. The van der Waals surface area contributed by atoms with E-state index < -0.39 is 33.9 Å². The van der Waals surface area contributed by atoms with Crippen LogP contribution >= 0.6 is 0 Å². The lowest BCUT2D eigenvalue weighted by atomic mass is 10.1. The molecule has 1 heterocycles. The molecule has 0 saturated carbocycles. The number of esters is 1. The number of sulfone groups is 1. The number of methoxy groups -OCH3 is 1. The molecule has 0 aromatic heterocycles. The zero-order valence-electron chi connectivity index (χ0n) is 13.7.